The summed E-state index contributed by atoms with van der Waals surface area (Å²) in [7, 11) is 0. The number of hydrogen-bond donors (Lipinski definition) is 2. The lowest BCUT2D eigenvalue weighted by Gasteiger charge is -2.10. The Morgan fingerprint density at radius 3 is 2.90 bits per heavy atom. The molecular formula is C15H16ClN3O. The average molecular weight is 290 g/mol. The van der Waals surface area contributed by atoms with Crippen LogP contribution < -0.4 is 10.6 Å². The Balaban J connectivity index is 1.82. The summed E-state index contributed by atoms with van der Waals surface area (Å²) in [5, 5.41) is 6.55. The lowest BCUT2D eigenvalue weighted by Crippen LogP contribution is -2.28. The minimum Gasteiger partial charge on any atom is -0.325 e. The maximum absolute atomic E-state index is 11.8. The third kappa shape index (κ3) is 4.05. The van der Waals surface area contributed by atoms with E-state index in [9.17, 15) is 4.79 Å². The summed E-state index contributed by atoms with van der Waals surface area (Å²) >= 11 is 6.01. The van der Waals surface area contributed by atoms with Crippen molar-refractivity contribution >= 4 is 23.2 Å². The molecule has 1 amide bonds. The van der Waals surface area contributed by atoms with Crippen LogP contribution in [0.25, 0.3) is 0 Å². The first kappa shape index (κ1) is 14.5. The lowest BCUT2D eigenvalue weighted by molar-refractivity contribution is -0.115. The van der Waals surface area contributed by atoms with Crippen LogP contribution in [0.15, 0.2) is 42.7 Å². The predicted octanol–water partition coefficient (Wildman–Crippen LogP) is 2.77. The first-order chi connectivity index (χ1) is 9.66. The Bertz CT molecular complexity index is 587. The number of carbonyl (C=O) groups excluding carboxylic acids is 1. The standard InChI is InChI=1S/C15H16ClN3O/c1-11-13(16)5-2-6-14(11)19-15(20)10-18-9-12-4-3-7-17-8-12/h2-8,18H,9-10H2,1H3,(H,19,20). The van der Waals surface area contributed by atoms with Gasteiger partial charge in [0.1, 0.15) is 0 Å². The van der Waals surface area contributed by atoms with Crippen LogP contribution in [0.4, 0.5) is 5.69 Å². The van der Waals surface area contributed by atoms with Gasteiger partial charge in [0, 0.05) is 29.6 Å². The highest BCUT2D eigenvalue weighted by Crippen LogP contribution is 2.22. The minimum absolute atomic E-state index is 0.0979. The molecule has 0 radical (unpaired) electrons. The van der Waals surface area contributed by atoms with Gasteiger partial charge in [-0.3, -0.25) is 9.78 Å². The summed E-state index contributed by atoms with van der Waals surface area (Å²) in [6.07, 6.45) is 3.49. The van der Waals surface area contributed by atoms with E-state index < -0.39 is 0 Å². The third-order valence-corrected chi connectivity index (χ3v) is 3.29. The van der Waals surface area contributed by atoms with Crippen molar-refractivity contribution in [3.63, 3.8) is 0 Å². The Hall–Kier alpha value is -1.91. The quantitative estimate of drug-likeness (QED) is 0.890. The van der Waals surface area contributed by atoms with E-state index in [-0.39, 0.29) is 12.5 Å². The molecule has 5 heteroatoms. The van der Waals surface area contributed by atoms with E-state index >= 15 is 0 Å². The number of carbonyl (C=O) groups is 1. The second kappa shape index (κ2) is 7.03. The fourth-order valence-corrected chi connectivity index (χ4v) is 1.93. The molecule has 0 aliphatic heterocycles. The number of nitrogens with zero attached hydrogens (tertiary/aromatic N) is 1. The summed E-state index contributed by atoms with van der Waals surface area (Å²) in [5.41, 5.74) is 2.65. The molecule has 0 fully saturated rings. The second-order valence-corrected chi connectivity index (χ2v) is 4.83. The first-order valence-corrected chi connectivity index (χ1v) is 6.69. The maximum atomic E-state index is 11.8. The molecule has 2 N–H and O–H groups in total. The van der Waals surface area contributed by atoms with Crippen LogP contribution in [0.3, 0.4) is 0 Å². The van der Waals surface area contributed by atoms with Crippen LogP contribution >= 0.6 is 11.6 Å². The largest absolute Gasteiger partial charge is 0.325 e. The van der Waals surface area contributed by atoms with Crippen molar-refractivity contribution in [1.29, 1.82) is 0 Å². The van der Waals surface area contributed by atoms with E-state index in [1.807, 2.05) is 31.2 Å². The van der Waals surface area contributed by atoms with Crippen molar-refractivity contribution in [1.82, 2.24) is 10.3 Å². The van der Waals surface area contributed by atoms with Gasteiger partial charge in [-0.05, 0) is 36.2 Å². The molecule has 1 aromatic heterocycles. The van der Waals surface area contributed by atoms with E-state index in [0.717, 1.165) is 16.8 Å². The lowest BCUT2D eigenvalue weighted by atomic mass is 10.2. The molecule has 0 saturated carbocycles. The highest BCUT2D eigenvalue weighted by molar-refractivity contribution is 6.31. The Morgan fingerprint density at radius 1 is 1.30 bits per heavy atom. The topological polar surface area (TPSA) is 54.0 Å². The number of benzene rings is 1. The zero-order chi connectivity index (χ0) is 14.4. The molecule has 0 spiro atoms. The fourth-order valence-electron chi connectivity index (χ4n) is 1.76. The molecular weight excluding hydrogens is 274 g/mol. The number of hydrogen-bond acceptors (Lipinski definition) is 3. The molecule has 0 bridgehead atoms. The molecule has 0 aliphatic carbocycles. The van der Waals surface area contributed by atoms with Gasteiger partial charge < -0.3 is 10.6 Å². The first-order valence-electron chi connectivity index (χ1n) is 6.31. The number of rotatable bonds is 5. The minimum atomic E-state index is -0.0979. The van der Waals surface area contributed by atoms with Gasteiger partial charge >= 0.3 is 0 Å². The van der Waals surface area contributed by atoms with Crippen LogP contribution in [0.1, 0.15) is 11.1 Å². The summed E-state index contributed by atoms with van der Waals surface area (Å²) < 4.78 is 0. The third-order valence-electron chi connectivity index (χ3n) is 2.88. The van der Waals surface area contributed by atoms with Gasteiger partial charge in [-0.25, -0.2) is 0 Å². The van der Waals surface area contributed by atoms with Crippen molar-refractivity contribution in [2.75, 3.05) is 11.9 Å². The SMILES string of the molecule is Cc1c(Cl)cccc1NC(=O)CNCc1cccnc1. The molecule has 104 valence electrons. The highest BCUT2D eigenvalue weighted by Gasteiger charge is 2.06. The van der Waals surface area contributed by atoms with E-state index in [2.05, 4.69) is 15.6 Å². The van der Waals surface area contributed by atoms with Gasteiger partial charge in [0.15, 0.2) is 0 Å². The maximum Gasteiger partial charge on any atom is 0.238 e. The smallest absolute Gasteiger partial charge is 0.238 e. The molecule has 0 aliphatic rings. The van der Waals surface area contributed by atoms with Gasteiger partial charge in [0.25, 0.3) is 0 Å². The average Bonchev–Trinajstić information content (AvgIpc) is 2.45. The Kier molecular flexibility index (Phi) is 5.09. The number of nitrogens with one attached hydrogen (secondary N) is 2. The van der Waals surface area contributed by atoms with Crippen LogP contribution in [0.5, 0.6) is 0 Å². The molecule has 1 aromatic carbocycles. The van der Waals surface area contributed by atoms with Crippen LogP contribution in [0.2, 0.25) is 5.02 Å². The summed E-state index contributed by atoms with van der Waals surface area (Å²) in [5.74, 6) is -0.0979. The van der Waals surface area contributed by atoms with Crippen molar-refractivity contribution < 1.29 is 4.79 Å². The number of anilines is 1. The molecule has 0 saturated heterocycles. The molecule has 1 heterocycles. The van der Waals surface area contributed by atoms with E-state index in [0.29, 0.717) is 11.6 Å². The van der Waals surface area contributed by atoms with E-state index in [1.165, 1.54) is 0 Å². The van der Waals surface area contributed by atoms with Crippen molar-refractivity contribution in [3.05, 3.63) is 58.9 Å². The van der Waals surface area contributed by atoms with E-state index in [4.69, 9.17) is 11.6 Å². The monoisotopic (exact) mass is 289 g/mol. The van der Waals surface area contributed by atoms with Crippen molar-refractivity contribution in [2.45, 2.75) is 13.5 Å². The highest BCUT2D eigenvalue weighted by atomic mass is 35.5. The number of amides is 1. The van der Waals surface area contributed by atoms with Gasteiger partial charge in [-0.1, -0.05) is 23.7 Å². The summed E-state index contributed by atoms with van der Waals surface area (Å²) in [6.45, 7) is 2.72. The van der Waals surface area contributed by atoms with Gasteiger partial charge in [0.2, 0.25) is 5.91 Å². The second-order valence-electron chi connectivity index (χ2n) is 4.43. The number of aromatic nitrogens is 1. The number of pyridine rings is 1. The predicted molar refractivity (Wildman–Crippen MR) is 80.8 cm³/mol. The zero-order valence-corrected chi connectivity index (χ0v) is 11.9. The van der Waals surface area contributed by atoms with Crippen LogP contribution in [0, 0.1) is 6.92 Å². The van der Waals surface area contributed by atoms with Crippen molar-refractivity contribution in [3.8, 4) is 0 Å². The summed E-state index contributed by atoms with van der Waals surface area (Å²) in [6, 6.07) is 9.27. The molecule has 4 nitrogen and oxygen atoms in total. The molecule has 2 aromatic rings. The summed E-state index contributed by atoms with van der Waals surface area (Å²) in [4.78, 5) is 15.9. The van der Waals surface area contributed by atoms with Crippen molar-refractivity contribution in [2.24, 2.45) is 0 Å². The number of halogens is 1. The molecule has 0 atom stereocenters. The van der Waals surface area contributed by atoms with Crippen LogP contribution in [-0.2, 0) is 11.3 Å². The molecule has 2 rings (SSSR count). The van der Waals surface area contributed by atoms with Gasteiger partial charge in [-0.2, -0.15) is 0 Å². The Morgan fingerprint density at radius 2 is 2.15 bits per heavy atom. The van der Waals surface area contributed by atoms with Crippen LogP contribution in [-0.4, -0.2) is 17.4 Å². The normalized spacial score (nSPS) is 10.3. The van der Waals surface area contributed by atoms with Gasteiger partial charge in [-0.15, -0.1) is 0 Å². The van der Waals surface area contributed by atoms with E-state index in [1.54, 1.807) is 18.5 Å². The zero-order valence-electron chi connectivity index (χ0n) is 11.2. The fraction of sp³-hybridized carbons (Fsp3) is 0.200. The molecule has 20 heavy (non-hydrogen) atoms. The van der Waals surface area contributed by atoms with Gasteiger partial charge in [0.05, 0.1) is 6.54 Å². The Labute approximate surface area is 123 Å². The molecule has 0 unspecified atom stereocenters.